The third-order valence-electron chi connectivity index (χ3n) is 10.1. The average molecular weight is 1690 g/mol. The molecule has 0 fully saturated rings. The van der Waals surface area contributed by atoms with Crippen LogP contribution in [0.1, 0.15) is 210 Å². The Kier molecular flexibility index (Phi) is 318. The summed E-state index contributed by atoms with van der Waals surface area (Å²) >= 11 is 0. The molecule has 0 aromatic rings. The molecule has 0 saturated heterocycles. The second-order valence-electron chi connectivity index (χ2n) is 24.4. The van der Waals surface area contributed by atoms with Crippen molar-refractivity contribution in [3.05, 3.63) is 19.2 Å². The van der Waals surface area contributed by atoms with Crippen LogP contribution in [-0.2, 0) is 76.1 Å². The van der Waals surface area contributed by atoms with Gasteiger partial charge >= 0.3 is 25.7 Å². The Morgan fingerprint density at radius 1 is 0.263 bits per heavy atom. The minimum Gasteiger partial charge on any atom is -0.424 e. The zero-order valence-corrected chi connectivity index (χ0v) is 73.1. The van der Waals surface area contributed by atoms with Crippen molar-refractivity contribution in [2.24, 2.45) is 0 Å². The summed E-state index contributed by atoms with van der Waals surface area (Å²) in [7, 11) is 9.20. The van der Waals surface area contributed by atoms with E-state index in [2.05, 4.69) is 171 Å². The molecule has 0 atom stereocenters. The van der Waals surface area contributed by atoms with Crippen LogP contribution in [0, 0.1) is 6.92 Å². The van der Waals surface area contributed by atoms with E-state index in [1.165, 1.54) is 37.4 Å². The summed E-state index contributed by atoms with van der Waals surface area (Å²) in [5.41, 5.74) is 2.08. The molecule has 25 heteroatoms. The van der Waals surface area contributed by atoms with Gasteiger partial charge in [-0.2, -0.15) is 6.92 Å². The smallest absolute Gasteiger partial charge is 0.331 e. The van der Waals surface area contributed by atoms with Crippen LogP contribution in [0.5, 0.6) is 0 Å². The van der Waals surface area contributed by atoms with Gasteiger partial charge in [-0.3, -0.25) is 0 Å². The van der Waals surface area contributed by atoms with Crippen molar-refractivity contribution in [3.63, 3.8) is 0 Å². The molecular formula is C74H235O13Si11V-. The summed E-state index contributed by atoms with van der Waals surface area (Å²) in [6.07, 6.45) is 3.77. The second kappa shape index (κ2) is 136. The quantitative estimate of drug-likeness (QED) is 0.0850. The van der Waals surface area contributed by atoms with Gasteiger partial charge in [0.05, 0.1) is 8.07 Å². The summed E-state index contributed by atoms with van der Waals surface area (Å²) in [5, 5.41) is 0. The molecule has 0 heterocycles. The van der Waals surface area contributed by atoms with E-state index < -0.39 is 92.7 Å². The van der Waals surface area contributed by atoms with E-state index in [0.717, 1.165) is 0 Å². The van der Waals surface area contributed by atoms with Crippen molar-refractivity contribution >= 4 is 92.7 Å². The van der Waals surface area contributed by atoms with Crippen molar-refractivity contribution in [2.75, 3.05) is 92.4 Å². The number of hydrogen-bond acceptors (Lipinski definition) is 13. The van der Waals surface area contributed by atoms with Crippen LogP contribution in [0.4, 0.5) is 0 Å². The van der Waals surface area contributed by atoms with Crippen LogP contribution < -0.4 is 0 Å². The van der Waals surface area contributed by atoms with Gasteiger partial charge in [-0.15, -0.1) is 12.3 Å². The molecule has 0 spiro atoms. The molecule has 13 nitrogen and oxygen atoms in total. The fraction of sp³-hybridized carbons (Fsp3) is 0.959. The predicted octanol–water partition coefficient (Wildman–Crippen LogP) is 31.6. The van der Waals surface area contributed by atoms with Gasteiger partial charge in [-0.25, -0.2) is 0 Å². The largest absolute Gasteiger partial charge is 0.424 e. The molecule has 0 bridgehead atoms. The van der Waals surface area contributed by atoms with Crippen molar-refractivity contribution in [1.82, 2.24) is 0 Å². The average Bonchev–Trinajstić information content (AvgIpc) is 3.33. The number of hydrogen-bond donors (Lipinski definition) is 0. The molecule has 0 amide bonds. The van der Waals surface area contributed by atoms with Crippen molar-refractivity contribution in [3.8, 4) is 0 Å². The van der Waals surface area contributed by atoms with Crippen molar-refractivity contribution in [1.29, 1.82) is 0 Å². The molecule has 0 aliphatic rings. The van der Waals surface area contributed by atoms with Crippen LogP contribution in [0.2, 0.25) is 188 Å². The summed E-state index contributed by atoms with van der Waals surface area (Å²) in [6.45, 7) is 71.2. The van der Waals surface area contributed by atoms with Gasteiger partial charge in [0.15, 0.2) is 58.9 Å². The zero-order valence-electron chi connectivity index (χ0n) is 60.6. The van der Waals surface area contributed by atoms with Crippen molar-refractivity contribution in [2.45, 2.75) is 399 Å². The molecule has 659 valence electrons. The molecule has 0 rings (SSSR count). The maximum Gasteiger partial charge on any atom is 0.331 e. The Bertz CT molecular complexity index is 1000. The Morgan fingerprint density at radius 2 is 0.354 bits per heavy atom. The van der Waals surface area contributed by atoms with E-state index >= 15 is 0 Å². The van der Waals surface area contributed by atoms with Gasteiger partial charge in [0, 0.05) is 111 Å². The summed E-state index contributed by atoms with van der Waals surface area (Å²) in [6, 6.07) is 3.84. The fourth-order valence-electron chi connectivity index (χ4n) is 2.36. The van der Waals surface area contributed by atoms with E-state index in [-0.39, 0.29) is 182 Å². The molecule has 0 unspecified atom stereocenters. The maximum absolute atomic E-state index is 5.32. The first-order chi connectivity index (χ1) is 33.7. The van der Waals surface area contributed by atoms with E-state index in [4.69, 9.17) is 57.5 Å². The number of rotatable bonds is 20. The normalized spacial score (nSPS) is 8.86. The van der Waals surface area contributed by atoms with Crippen LogP contribution in [0.25, 0.3) is 0 Å². The first-order valence-corrected chi connectivity index (χ1v) is 61.6. The van der Waals surface area contributed by atoms with Gasteiger partial charge in [0.1, 0.15) is 0 Å². The fourth-order valence-corrected chi connectivity index (χ4v) is 7.09. The third-order valence-corrected chi connectivity index (χ3v) is 30.3. The Balaban J connectivity index is -0.0000000135. The Hall–Kier alpha value is 2.19. The van der Waals surface area contributed by atoms with Gasteiger partial charge in [-0.1, -0.05) is 223 Å². The second-order valence-corrected chi connectivity index (χ2v) is 70.1. The summed E-state index contributed by atoms with van der Waals surface area (Å²) in [4.78, 5) is 0. The van der Waals surface area contributed by atoms with E-state index in [1.54, 1.807) is 78.0 Å². The van der Waals surface area contributed by atoms with Crippen LogP contribution in [0.15, 0.2) is 12.3 Å². The van der Waals surface area contributed by atoms with Gasteiger partial charge in [0.25, 0.3) is 0 Å². The molecule has 0 saturated carbocycles. The van der Waals surface area contributed by atoms with Crippen LogP contribution in [-0.4, -0.2) is 185 Å². The van der Waals surface area contributed by atoms with Crippen LogP contribution in [0.3, 0.4) is 0 Å². The molecule has 0 aliphatic carbocycles. The minimum absolute atomic E-state index is 0. The molecule has 99 heavy (non-hydrogen) atoms. The van der Waals surface area contributed by atoms with Gasteiger partial charge in [-0.05, 0) is 169 Å². The molecule has 0 aliphatic heterocycles. The Labute approximate surface area is 674 Å². The minimum atomic E-state index is -1.65. The van der Waals surface area contributed by atoms with Crippen molar-refractivity contribution < 1.29 is 76.1 Å². The predicted molar refractivity (Wildman–Crippen MR) is 523 cm³/mol. The van der Waals surface area contributed by atoms with Gasteiger partial charge < -0.3 is 64.5 Å². The van der Waals surface area contributed by atoms with Gasteiger partial charge in [0.2, 0.25) is 0 Å². The molecular weight excluding hydrogens is 1460 g/mol. The molecule has 0 N–H and O–H groups in total. The van der Waals surface area contributed by atoms with E-state index in [0.29, 0.717) is 0 Å². The first kappa shape index (κ1) is 232. The standard InChI is InChI=1S/3C6H16OSi.C5H12Si.3C4H12O2Si.3C4H12OSi.C3H10OSi.C2H5.22CH4.V/c3*1-5-6-8(3,4)7-2;1-5-6(2,3)4;3*1-5-7(3,4)6-2;3*1-5-6(2,3)4;1-4-5(2)3;1-2;;;;;;;;;;;;;;;;;;;;;;;/h3*5-6H2,1-4H3;5H,1H2,2-4H3;3*1-4H3;3*1-4H3;5H,1-3H3;1H2,2H3;22*1H4;/q;;;;;;;;;;;-1;;;;;;;;;;;;;;;;;;;;;;;. The molecule has 1 radical (unpaired) electrons. The monoisotopic (exact) mass is 1690 g/mol. The van der Waals surface area contributed by atoms with E-state index in [9.17, 15) is 0 Å². The first-order valence-electron chi connectivity index (χ1n) is 27.2. The third kappa shape index (κ3) is 317. The van der Waals surface area contributed by atoms with Crippen LogP contribution >= 0.6 is 0 Å². The molecule has 0 aromatic heterocycles. The zero-order chi connectivity index (χ0) is 64.7. The summed E-state index contributed by atoms with van der Waals surface area (Å²) < 4.78 is 66.1. The maximum atomic E-state index is 5.32. The summed E-state index contributed by atoms with van der Waals surface area (Å²) in [5.74, 6) is 0. The Morgan fingerprint density at radius 3 is 0.364 bits per heavy atom. The SMILES string of the molecule is C.C.C.C.C.C.C.C.C.C.C.C.C.C.C.C.C.C.C.C.C.C.C=C[Si](C)(C)C.CCC[Si](C)(C)OC.CCC[Si](C)(C)OC.CCC[Si](C)(C)OC.CO[SiH](C)C.CO[Si](C)(C)C.CO[Si](C)(C)C.CO[Si](C)(C)C.CO[Si](C)(C)OC.CO[Si](C)(C)OC.CO[Si](C)(C)OC.[CH2-]C.[V]. The molecule has 0 aromatic carbocycles. The topological polar surface area (TPSA) is 120 Å². The van der Waals surface area contributed by atoms with E-state index in [1.807, 2.05) is 60.6 Å².